The van der Waals surface area contributed by atoms with Gasteiger partial charge in [-0.15, -0.1) is 0 Å². The van der Waals surface area contributed by atoms with Gasteiger partial charge in [0.1, 0.15) is 0 Å². The number of aliphatic hydroxyl groups excluding tert-OH is 1. The fourth-order valence-electron chi connectivity index (χ4n) is 2.71. The topological polar surface area (TPSA) is 23.5 Å². The van der Waals surface area contributed by atoms with Crippen LogP contribution in [-0.2, 0) is 0 Å². The van der Waals surface area contributed by atoms with Gasteiger partial charge in [0.2, 0.25) is 0 Å². The lowest BCUT2D eigenvalue weighted by molar-refractivity contribution is 0.0946. The molecule has 0 bridgehead atoms. The summed E-state index contributed by atoms with van der Waals surface area (Å²) in [5, 5.41) is 10.5. The van der Waals surface area contributed by atoms with Gasteiger partial charge in [-0.1, -0.05) is 36.7 Å². The standard InChI is InChI=1S/C13H26BrNO/c1-4-13(5-2,9-14)10-15-7-6-11(3)12(15)8-16/h11-12,16H,4-10H2,1-3H3. The molecule has 1 saturated heterocycles. The molecule has 1 fully saturated rings. The Morgan fingerprint density at radius 3 is 2.44 bits per heavy atom. The van der Waals surface area contributed by atoms with Crippen LogP contribution in [0.4, 0.5) is 0 Å². The predicted octanol–water partition coefficient (Wildman–Crippen LogP) is 2.89. The number of alkyl halides is 1. The lowest BCUT2D eigenvalue weighted by Gasteiger charge is -2.37. The molecule has 1 N–H and O–H groups in total. The van der Waals surface area contributed by atoms with Crippen LogP contribution in [0, 0.1) is 11.3 Å². The molecule has 96 valence electrons. The number of hydrogen-bond acceptors (Lipinski definition) is 2. The summed E-state index contributed by atoms with van der Waals surface area (Å²) in [6.45, 7) is 9.40. The maximum atomic E-state index is 9.47. The molecular formula is C13H26BrNO. The van der Waals surface area contributed by atoms with Crippen molar-refractivity contribution in [3.63, 3.8) is 0 Å². The highest BCUT2D eigenvalue weighted by Crippen LogP contribution is 2.34. The van der Waals surface area contributed by atoms with Gasteiger partial charge in [-0.3, -0.25) is 4.90 Å². The average Bonchev–Trinajstić information content (AvgIpc) is 2.66. The van der Waals surface area contributed by atoms with Crippen LogP contribution in [0.3, 0.4) is 0 Å². The van der Waals surface area contributed by atoms with Gasteiger partial charge in [0.15, 0.2) is 0 Å². The summed E-state index contributed by atoms with van der Waals surface area (Å²) in [5.74, 6) is 0.645. The van der Waals surface area contributed by atoms with Crippen LogP contribution < -0.4 is 0 Å². The summed E-state index contributed by atoms with van der Waals surface area (Å²) >= 11 is 3.67. The molecule has 16 heavy (non-hydrogen) atoms. The number of halogens is 1. The Balaban J connectivity index is 2.64. The molecule has 2 nitrogen and oxygen atoms in total. The van der Waals surface area contributed by atoms with Gasteiger partial charge in [0, 0.05) is 17.9 Å². The van der Waals surface area contributed by atoms with E-state index in [4.69, 9.17) is 0 Å². The van der Waals surface area contributed by atoms with E-state index in [2.05, 4.69) is 41.6 Å². The second-order valence-corrected chi connectivity index (χ2v) is 5.89. The van der Waals surface area contributed by atoms with Gasteiger partial charge in [-0.05, 0) is 37.1 Å². The smallest absolute Gasteiger partial charge is 0.0589 e. The van der Waals surface area contributed by atoms with Gasteiger partial charge in [0.05, 0.1) is 6.61 Å². The monoisotopic (exact) mass is 291 g/mol. The molecule has 1 rings (SSSR count). The molecule has 0 aromatic heterocycles. The molecule has 2 atom stereocenters. The van der Waals surface area contributed by atoms with Crippen molar-refractivity contribution >= 4 is 15.9 Å². The second kappa shape index (κ2) is 6.36. The highest BCUT2D eigenvalue weighted by Gasteiger charge is 2.36. The Morgan fingerprint density at radius 2 is 2.00 bits per heavy atom. The fourth-order valence-corrected chi connectivity index (χ4v) is 3.69. The van der Waals surface area contributed by atoms with E-state index in [-0.39, 0.29) is 0 Å². The summed E-state index contributed by atoms with van der Waals surface area (Å²) in [5.41, 5.74) is 0.386. The van der Waals surface area contributed by atoms with Crippen molar-refractivity contribution in [1.82, 2.24) is 4.90 Å². The first-order valence-electron chi connectivity index (χ1n) is 6.53. The molecule has 0 spiro atoms. The Morgan fingerprint density at radius 1 is 1.38 bits per heavy atom. The third-order valence-corrected chi connectivity index (χ3v) is 5.70. The van der Waals surface area contributed by atoms with Gasteiger partial charge < -0.3 is 5.11 Å². The Kier molecular flexibility index (Phi) is 5.75. The Bertz CT molecular complexity index is 198. The summed E-state index contributed by atoms with van der Waals surface area (Å²) in [7, 11) is 0. The average molecular weight is 292 g/mol. The highest BCUT2D eigenvalue weighted by molar-refractivity contribution is 9.09. The van der Waals surface area contributed by atoms with Crippen molar-refractivity contribution in [2.24, 2.45) is 11.3 Å². The number of likely N-dealkylation sites (tertiary alicyclic amines) is 1. The zero-order valence-corrected chi connectivity index (χ0v) is 12.5. The highest BCUT2D eigenvalue weighted by atomic mass is 79.9. The summed E-state index contributed by atoms with van der Waals surface area (Å²) in [6, 6.07) is 0.386. The minimum absolute atomic E-state index is 0.312. The third-order valence-electron chi connectivity index (χ3n) is 4.51. The molecule has 0 aromatic rings. The summed E-state index contributed by atoms with van der Waals surface area (Å²) in [4.78, 5) is 2.50. The first-order valence-corrected chi connectivity index (χ1v) is 7.65. The number of aliphatic hydroxyl groups is 1. The van der Waals surface area contributed by atoms with E-state index in [0.29, 0.717) is 24.0 Å². The second-order valence-electron chi connectivity index (χ2n) is 5.33. The van der Waals surface area contributed by atoms with Crippen molar-refractivity contribution < 1.29 is 5.11 Å². The lowest BCUT2D eigenvalue weighted by Crippen LogP contribution is -2.43. The number of nitrogens with zero attached hydrogens (tertiary/aromatic N) is 1. The number of rotatable bonds is 6. The molecule has 0 radical (unpaired) electrons. The van der Waals surface area contributed by atoms with Crippen LogP contribution >= 0.6 is 15.9 Å². The quantitative estimate of drug-likeness (QED) is 0.761. The van der Waals surface area contributed by atoms with E-state index >= 15 is 0 Å². The normalized spacial score (nSPS) is 27.6. The summed E-state index contributed by atoms with van der Waals surface area (Å²) in [6.07, 6.45) is 3.65. The van der Waals surface area contributed by atoms with Gasteiger partial charge in [-0.2, -0.15) is 0 Å². The van der Waals surface area contributed by atoms with E-state index in [0.717, 1.165) is 18.4 Å². The molecule has 2 unspecified atom stereocenters. The van der Waals surface area contributed by atoms with Crippen LogP contribution in [0.1, 0.15) is 40.0 Å². The molecule has 1 aliphatic heterocycles. The van der Waals surface area contributed by atoms with Crippen LogP contribution in [0.5, 0.6) is 0 Å². The van der Waals surface area contributed by atoms with E-state index in [1.54, 1.807) is 0 Å². The first-order chi connectivity index (χ1) is 7.62. The van der Waals surface area contributed by atoms with E-state index in [1.807, 2.05) is 0 Å². The Labute approximate surface area is 109 Å². The largest absolute Gasteiger partial charge is 0.395 e. The van der Waals surface area contributed by atoms with Crippen molar-refractivity contribution in [3.05, 3.63) is 0 Å². The van der Waals surface area contributed by atoms with Gasteiger partial charge in [0.25, 0.3) is 0 Å². The Hall–Kier alpha value is 0.400. The van der Waals surface area contributed by atoms with Crippen LogP contribution in [-0.4, -0.2) is 41.1 Å². The maximum Gasteiger partial charge on any atom is 0.0589 e. The molecule has 1 aliphatic rings. The van der Waals surface area contributed by atoms with Crippen molar-refractivity contribution in [2.75, 3.05) is 25.0 Å². The van der Waals surface area contributed by atoms with Crippen molar-refractivity contribution in [1.29, 1.82) is 0 Å². The minimum atomic E-state index is 0.312. The SMILES string of the molecule is CCC(CC)(CBr)CN1CCC(C)C1CO. The van der Waals surface area contributed by atoms with Crippen LogP contribution in [0.25, 0.3) is 0 Å². The lowest BCUT2D eigenvalue weighted by atomic mass is 9.84. The van der Waals surface area contributed by atoms with Crippen LogP contribution in [0.15, 0.2) is 0 Å². The minimum Gasteiger partial charge on any atom is -0.395 e. The zero-order chi connectivity index (χ0) is 12.2. The predicted molar refractivity (Wildman–Crippen MR) is 73.0 cm³/mol. The van der Waals surface area contributed by atoms with Crippen LogP contribution in [0.2, 0.25) is 0 Å². The molecule has 0 aliphatic carbocycles. The number of hydrogen-bond donors (Lipinski definition) is 1. The molecule has 0 amide bonds. The molecule has 3 heteroatoms. The van der Waals surface area contributed by atoms with Gasteiger partial charge >= 0.3 is 0 Å². The summed E-state index contributed by atoms with van der Waals surface area (Å²) < 4.78 is 0. The van der Waals surface area contributed by atoms with E-state index in [9.17, 15) is 5.11 Å². The van der Waals surface area contributed by atoms with E-state index in [1.165, 1.54) is 19.3 Å². The fraction of sp³-hybridized carbons (Fsp3) is 1.00. The van der Waals surface area contributed by atoms with E-state index < -0.39 is 0 Å². The molecule has 1 heterocycles. The molecule has 0 saturated carbocycles. The maximum absolute atomic E-state index is 9.47. The molecular weight excluding hydrogens is 266 g/mol. The zero-order valence-electron chi connectivity index (χ0n) is 10.9. The van der Waals surface area contributed by atoms with Crippen molar-refractivity contribution in [3.8, 4) is 0 Å². The first kappa shape index (κ1) is 14.5. The van der Waals surface area contributed by atoms with Gasteiger partial charge in [-0.25, -0.2) is 0 Å². The van der Waals surface area contributed by atoms with Crippen molar-refractivity contribution in [2.45, 2.75) is 46.1 Å². The molecule has 0 aromatic carbocycles. The third kappa shape index (κ3) is 2.99.